The lowest BCUT2D eigenvalue weighted by molar-refractivity contribution is -0.0319. The Bertz CT molecular complexity index is 867. The highest BCUT2D eigenvalue weighted by Crippen LogP contribution is 2.46. The van der Waals surface area contributed by atoms with Gasteiger partial charge in [-0.3, -0.25) is 14.3 Å². The van der Waals surface area contributed by atoms with Crippen LogP contribution in [0.1, 0.15) is 11.8 Å². The number of thioether (sulfide) groups is 1. The second kappa shape index (κ2) is 6.19. The number of nitrogens with one attached hydrogen (secondary N) is 1. The fraction of sp³-hybridized carbons (Fsp3) is 0.375. The SMILES string of the molecule is O=c1ccn([C@@H]2O[C@@H]3CS[C@H]2[C@H]3OCc2ccccc2F)c(=O)[nH]1. The van der Waals surface area contributed by atoms with Crippen molar-refractivity contribution in [3.8, 4) is 0 Å². The van der Waals surface area contributed by atoms with Crippen molar-refractivity contribution in [1.29, 1.82) is 0 Å². The van der Waals surface area contributed by atoms with Gasteiger partial charge in [-0.05, 0) is 6.07 Å². The predicted molar refractivity (Wildman–Crippen MR) is 86.5 cm³/mol. The average molecular weight is 350 g/mol. The standard InChI is InChI=1S/C16H15FN2O4S/c17-10-4-2-1-3-9(10)7-22-13-11-8-24-14(13)15(23-11)19-6-5-12(20)18-16(19)21/h1-6,11,13-15H,7-8H2,(H,18,20,21)/t11-,13+,14+,15-/m1/s1. The van der Waals surface area contributed by atoms with Crippen molar-refractivity contribution >= 4 is 11.8 Å². The van der Waals surface area contributed by atoms with Crippen LogP contribution in [-0.2, 0) is 16.1 Å². The molecule has 1 aromatic carbocycles. The summed E-state index contributed by atoms with van der Waals surface area (Å²) in [6.07, 6.45) is 0.554. The summed E-state index contributed by atoms with van der Waals surface area (Å²) in [4.78, 5) is 25.4. The number of hydrogen-bond acceptors (Lipinski definition) is 5. The number of nitrogens with zero attached hydrogens (tertiary/aromatic N) is 1. The van der Waals surface area contributed by atoms with Crippen LogP contribution in [0.4, 0.5) is 4.39 Å². The average Bonchev–Trinajstić information content (AvgIpc) is 3.11. The van der Waals surface area contributed by atoms with E-state index < -0.39 is 17.5 Å². The van der Waals surface area contributed by atoms with Gasteiger partial charge in [-0.2, -0.15) is 0 Å². The molecule has 2 aromatic rings. The molecule has 4 atom stereocenters. The number of halogens is 1. The van der Waals surface area contributed by atoms with E-state index in [4.69, 9.17) is 9.47 Å². The summed E-state index contributed by atoms with van der Waals surface area (Å²) in [5.74, 6) is 0.464. The largest absolute Gasteiger partial charge is 0.369 e. The first-order valence-electron chi connectivity index (χ1n) is 7.57. The summed E-state index contributed by atoms with van der Waals surface area (Å²) in [5, 5.41) is -0.0784. The fourth-order valence-corrected chi connectivity index (χ4v) is 4.56. The van der Waals surface area contributed by atoms with Gasteiger partial charge in [0.15, 0.2) is 6.23 Å². The van der Waals surface area contributed by atoms with Gasteiger partial charge < -0.3 is 9.47 Å². The minimum atomic E-state index is -0.506. The number of H-pyrrole nitrogens is 1. The number of ether oxygens (including phenoxy) is 2. The normalized spacial score (nSPS) is 28.4. The van der Waals surface area contributed by atoms with E-state index in [0.29, 0.717) is 5.56 Å². The molecule has 0 spiro atoms. The zero-order chi connectivity index (χ0) is 16.7. The van der Waals surface area contributed by atoms with Gasteiger partial charge in [-0.1, -0.05) is 18.2 Å². The third kappa shape index (κ3) is 2.70. The summed E-state index contributed by atoms with van der Waals surface area (Å²) in [7, 11) is 0. The van der Waals surface area contributed by atoms with Crippen LogP contribution in [0.2, 0.25) is 0 Å². The van der Waals surface area contributed by atoms with Crippen molar-refractivity contribution in [2.75, 3.05) is 5.75 Å². The Morgan fingerprint density at radius 3 is 2.96 bits per heavy atom. The molecule has 1 N–H and O–H groups in total. The fourth-order valence-electron chi connectivity index (χ4n) is 3.08. The molecule has 0 radical (unpaired) electrons. The van der Waals surface area contributed by atoms with Gasteiger partial charge in [-0.25, -0.2) is 9.18 Å². The Labute approximate surface area is 140 Å². The van der Waals surface area contributed by atoms with Crippen LogP contribution in [0.25, 0.3) is 0 Å². The number of aromatic amines is 1. The zero-order valence-electron chi connectivity index (χ0n) is 12.6. The third-order valence-electron chi connectivity index (χ3n) is 4.25. The minimum absolute atomic E-state index is 0.0784. The van der Waals surface area contributed by atoms with Crippen LogP contribution < -0.4 is 11.2 Å². The molecule has 6 nitrogen and oxygen atoms in total. The smallest absolute Gasteiger partial charge is 0.330 e. The van der Waals surface area contributed by atoms with Crippen molar-refractivity contribution in [2.45, 2.75) is 30.3 Å². The summed E-state index contributed by atoms with van der Waals surface area (Å²) in [5.41, 5.74) is -0.459. The molecular formula is C16H15FN2O4S. The highest BCUT2D eigenvalue weighted by molar-refractivity contribution is 8.00. The first kappa shape index (κ1) is 15.6. The van der Waals surface area contributed by atoms with Crippen molar-refractivity contribution < 1.29 is 13.9 Å². The molecule has 2 bridgehead atoms. The predicted octanol–water partition coefficient (Wildman–Crippen LogP) is 1.27. The van der Waals surface area contributed by atoms with E-state index in [2.05, 4.69) is 4.98 Å². The van der Waals surface area contributed by atoms with Gasteiger partial charge in [0.1, 0.15) is 11.9 Å². The van der Waals surface area contributed by atoms with Crippen molar-refractivity contribution in [3.05, 3.63) is 68.7 Å². The minimum Gasteiger partial charge on any atom is -0.369 e. The molecule has 1 aromatic heterocycles. The van der Waals surface area contributed by atoms with E-state index in [1.54, 1.807) is 30.0 Å². The topological polar surface area (TPSA) is 73.3 Å². The molecule has 2 aliphatic heterocycles. The summed E-state index contributed by atoms with van der Waals surface area (Å²) < 4.78 is 26.9. The molecule has 3 heterocycles. The molecule has 8 heteroatoms. The van der Waals surface area contributed by atoms with E-state index in [1.165, 1.54) is 22.9 Å². The zero-order valence-corrected chi connectivity index (χ0v) is 13.4. The molecule has 0 amide bonds. The number of aromatic nitrogens is 2. The number of fused-ring (bicyclic) bond motifs is 2. The molecule has 2 fully saturated rings. The molecule has 0 unspecified atom stereocenters. The van der Waals surface area contributed by atoms with Gasteiger partial charge in [0, 0.05) is 23.6 Å². The quantitative estimate of drug-likeness (QED) is 0.899. The summed E-state index contributed by atoms with van der Waals surface area (Å²) >= 11 is 1.66. The molecule has 4 rings (SSSR count). The van der Waals surface area contributed by atoms with Gasteiger partial charge in [0.05, 0.1) is 18.0 Å². The summed E-state index contributed by atoms with van der Waals surface area (Å²) in [6, 6.07) is 7.77. The van der Waals surface area contributed by atoms with E-state index in [0.717, 1.165) is 5.75 Å². The number of hydrogen-bond donors (Lipinski definition) is 1. The highest BCUT2D eigenvalue weighted by Gasteiger charge is 2.52. The lowest BCUT2D eigenvalue weighted by Crippen LogP contribution is -2.36. The van der Waals surface area contributed by atoms with Gasteiger partial charge in [-0.15, -0.1) is 11.8 Å². The molecule has 126 valence electrons. The molecule has 24 heavy (non-hydrogen) atoms. The van der Waals surface area contributed by atoms with Crippen LogP contribution in [0.15, 0.2) is 46.1 Å². The Balaban J connectivity index is 1.52. The molecular weight excluding hydrogens is 335 g/mol. The lowest BCUT2D eigenvalue weighted by atomic mass is 10.2. The van der Waals surface area contributed by atoms with Crippen LogP contribution >= 0.6 is 11.8 Å². The van der Waals surface area contributed by atoms with E-state index in [1.807, 2.05) is 0 Å². The van der Waals surface area contributed by atoms with Gasteiger partial charge in [0.25, 0.3) is 5.56 Å². The van der Waals surface area contributed by atoms with Crippen molar-refractivity contribution in [3.63, 3.8) is 0 Å². The van der Waals surface area contributed by atoms with E-state index >= 15 is 0 Å². The second-order valence-electron chi connectivity index (χ2n) is 5.75. The summed E-state index contributed by atoms with van der Waals surface area (Å²) in [6.45, 7) is 0.154. The van der Waals surface area contributed by atoms with Crippen LogP contribution in [0.3, 0.4) is 0 Å². The number of rotatable bonds is 4. The van der Waals surface area contributed by atoms with Crippen LogP contribution in [0, 0.1) is 5.82 Å². The Morgan fingerprint density at radius 2 is 2.17 bits per heavy atom. The van der Waals surface area contributed by atoms with Gasteiger partial charge in [0.2, 0.25) is 0 Å². The first-order valence-corrected chi connectivity index (χ1v) is 8.62. The monoisotopic (exact) mass is 350 g/mol. The molecule has 2 saturated heterocycles. The van der Waals surface area contributed by atoms with Gasteiger partial charge >= 0.3 is 5.69 Å². The van der Waals surface area contributed by atoms with Crippen LogP contribution in [-0.4, -0.2) is 32.8 Å². The van der Waals surface area contributed by atoms with Crippen molar-refractivity contribution in [1.82, 2.24) is 9.55 Å². The number of benzene rings is 1. The van der Waals surface area contributed by atoms with Crippen molar-refractivity contribution in [2.24, 2.45) is 0 Å². The first-order chi connectivity index (χ1) is 11.6. The molecule has 0 saturated carbocycles. The Hall–Kier alpha value is -1.90. The Kier molecular flexibility index (Phi) is 4.03. The second-order valence-corrected chi connectivity index (χ2v) is 6.96. The maximum Gasteiger partial charge on any atom is 0.330 e. The van der Waals surface area contributed by atoms with E-state index in [9.17, 15) is 14.0 Å². The maximum atomic E-state index is 13.7. The molecule has 0 aliphatic carbocycles. The lowest BCUT2D eigenvalue weighted by Gasteiger charge is -2.22. The maximum absolute atomic E-state index is 13.7. The highest BCUT2D eigenvalue weighted by atomic mass is 32.2. The third-order valence-corrected chi connectivity index (χ3v) is 5.66. The Morgan fingerprint density at radius 1 is 1.33 bits per heavy atom. The molecule has 2 aliphatic rings. The van der Waals surface area contributed by atoms with E-state index in [-0.39, 0.29) is 29.9 Å². The van der Waals surface area contributed by atoms with Crippen LogP contribution in [0.5, 0.6) is 0 Å².